The molecule has 0 heterocycles. The van der Waals surface area contributed by atoms with Crippen LogP contribution in [0.5, 0.6) is 0 Å². The van der Waals surface area contributed by atoms with E-state index < -0.39 is 28.5 Å². The number of carbonyl (C=O) groups excluding carboxylic acids is 2. The Labute approximate surface area is 251 Å². The van der Waals surface area contributed by atoms with Gasteiger partial charge in [0, 0.05) is 34.6 Å². The molecule has 0 bridgehead atoms. The molecule has 0 fully saturated rings. The van der Waals surface area contributed by atoms with E-state index >= 15 is 0 Å². The van der Waals surface area contributed by atoms with Crippen molar-refractivity contribution in [1.29, 1.82) is 0 Å². The van der Waals surface area contributed by atoms with Crippen LogP contribution in [0, 0.1) is 6.92 Å². The van der Waals surface area contributed by atoms with Crippen molar-refractivity contribution in [3.05, 3.63) is 98.5 Å². The molecule has 3 aromatic rings. The third-order valence-corrected chi connectivity index (χ3v) is 8.23. The molecule has 11 heteroatoms. The third kappa shape index (κ3) is 8.61. The van der Waals surface area contributed by atoms with E-state index in [2.05, 4.69) is 5.32 Å². The molecular weight excluding hydrogens is 593 g/mol. The number of hydrogen-bond donors (Lipinski definition) is 1. The minimum Gasteiger partial charge on any atom is -0.354 e. The van der Waals surface area contributed by atoms with E-state index in [-0.39, 0.29) is 18.9 Å². The van der Waals surface area contributed by atoms with E-state index in [1.54, 1.807) is 43.3 Å². The normalized spacial score (nSPS) is 12.1. The van der Waals surface area contributed by atoms with Crippen molar-refractivity contribution in [1.82, 2.24) is 10.2 Å². The van der Waals surface area contributed by atoms with Crippen molar-refractivity contribution in [3.63, 3.8) is 0 Å². The Bertz CT molecular complexity index is 1450. The highest BCUT2D eigenvalue weighted by Crippen LogP contribution is 2.27. The van der Waals surface area contributed by atoms with Crippen LogP contribution < -0.4 is 9.62 Å². The summed E-state index contributed by atoms with van der Waals surface area (Å²) in [6, 6.07) is 18.0. The van der Waals surface area contributed by atoms with Gasteiger partial charge < -0.3 is 10.2 Å². The number of nitrogens with one attached hydrogen (secondary N) is 1. The molecule has 2 amide bonds. The molecule has 0 aromatic heterocycles. The van der Waals surface area contributed by atoms with Crippen LogP contribution in [0.1, 0.15) is 30.0 Å². The first-order valence-electron chi connectivity index (χ1n) is 12.7. The number of amides is 2. The summed E-state index contributed by atoms with van der Waals surface area (Å²) in [5, 5.41) is 4.09. The van der Waals surface area contributed by atoms with Crippen LogP contribution in [0.2, 0.25) is 15.1 Å². The number of anilines is 1. The molecule has 214 valence electrons. The summed E-state index contributed by atoms with van der Waals surface area (Å²) in [5.74, 6) is -0.920. The molecule has 1 atom stereocenters. The summed E-state index contributed by atoms with van der Waals surface area (Å²) < 4.78 is 26.9. The molecule has 0 unspecified atom stereocenters. The molecule has 0 aliphatic carbocycles. The van der Waals surface area contributed by atoms with Crippen LogP contribution in [0.3, 0.4) is 0 Å². The fourth-order valence-corrected chi connectivity index (χ4v) is 5.85. The summed E-state index contributed by atoms with van der Waals surface area (Å²) in [4.78, 5) is 29.0. The lowest BCUT2D eigenvalue weighted by Gasteiger charge is -2.34. The highest BCUT2D eigenvalue weighted by atomic mass is 35.5. The Morgan fingerprint density at radius 1 is 0.950 bits per heavy atom. The van der Waals surface area contributed by atoms with Crippen LogP contribution in [0.4, 0.5) is 5.69 Å². The van der Waals surface area contributed by atoms with E-state index in [9.17, 15) is 18.0 Å². The Morgan fingerprint density at radius 3 is 2.20 bits per heavy atom. The molecule has 3 rings (SSSR count). The highest BCUT2D eigenvalue weighted by molar-refractivity contribution is 7.92. The number of sulfonamides is 1. The number of hydrogen-bond acceptors (Lipinski definition) is 4. The molecule has 0 spiro atoms. The van der Waals surface area contributed by atoms with Crippen LogP contribution in [-0.4, -0.2) is 50.5 Å². The maximum atomic E-state index is 14.1. The van der Waals surface area contributed by atoms with Gasteiger partial charge in [-0.2, -0.15) is 0 Å². The Hall–Kier alpha value is -2.78. The number of aryl methyl sites for hydroxylation is 1. The lowest BCUT2D eigenvalue weighted by Crippen LogP contribution is -2.53. The fraction of sp³-hybridized carbons (Fsp3) is 0.310. The Morgan fingerprint density at radius 2 is 1.60 bits per heavy atom. The predicted octanol–water partition coefficient (Wildman–Crippen LogP) is 5.89. The standard InChI is InChI=1S/C29H32Cl3N3O4S/c1-4-14-33-29(37)27(16-21-8-6-5-7-9-21)34(18-22-10-11-24(31)17-25(22)32)28(36)19-35(40(3,38)39)26-13-12-23(30)15-20(26)2/h5-13,15,17,27H,4,14,16,18-19H2,1-3H3,(H,33,37)/t27-/m0/s1. The number of halogens is 3. The van der Waals surface area contributed by atoms with Gasteiger partial charge in [-0.3, -0.25) is 13.9 Å². The molecule has 1 N–H and O–H groups in total. The van der Waals surface area contributed by atoms with Gasteiger partial charge >= 0.3 is 0 Å². The van der Waals surface area contributed by atoms with Crippen LogP contribution >= 0.6 is 34.8 Å². The lowest BCUT2D eigenvalue weighted by molar-refractivity contribution is -0.140. The second-order valence-corrected chi connectivity index (χ2v) is 12.6. The smallest absolute Gasteiger partial charge is 0.244 e. The number of carbonyl (C=O) groups is 2. The van der Waals surface area contributed by atoms with Crippen LogP contribution in [-0.2, 0) is 32.6 Å². The largest absolute Gasteiger partial charge is 0.354 e. The van der Waals surface area contributed by atoms with Gasteiger partial charge in [0.2, 0.25) is 21.8 Å². The zero-order valence-corrected chi connectivity index (χ0v) is 25.6. The maximum absolute atomic E-state index is 14.1. The topological polar surface area (TPSA) is 86.8 Å². The number of rotatable bonds is 12. The minimum atomic E-state index is -3.89. The molecule has 0 saturated carbocycles. The molecule has 0 radical (unpaired) electrons. The first-order valence-corrected chi connectivity index (χ1v) is 15.7. The summed E-state index contributed by atoms with van der Waals surface area (Å²) in [5.41, 5.74) is 2.31. The van der Waals surface area contributed by atoms with E-state index in [0.29, 0.717) is 44.8 Å². The maximum Gasteiger partial charge on any atom is 0.244 e. The third-order valence-electron chi connectivity index (χ3n) is 6.28. The highest BCUT2D eigenvalue weighted by Gasteiger charge is 2.33. The lowest BCUT2D eigenvalue weighted by atomic mass is 10.0. The molecule has 3 aromatic carbocycles. The zero-order valence-electron chi connectivity index (χ0n) is 22.5. The Balaban J connectivity index is 2.09. The predicted molar refractivity (Wildman–Crippen MR) is 163 cm³/mol. The van der Waals surface area contributed by atoms with Gasteiger partial charge in [0.15, 0.2) is 0 Å². The molecule has 40 heavy (non-hydrogen) atoms. The van der Waals surface area contributed by atoms with E-state index in [1.807, 2.05) is 37.3 Å². The average Bonchev–Trinajstić information content (AvgIpc) is 2.89. The minimum absolute atomic E-state index is 0.0386. The van der Waals surface area contributed by atoms with Crippen molar-refractivity contribution in [2.45, 2.75) is 39.3 Å². The summed E-state index contributed by atoms with van der Waals surface area (Å²) in [7, 11) is -3.89. The van der Waals surface area contributed by atoms with Crippen molar-refractivity contribution in [2.75, 3.05) is 23.7 Å². The molecule has 0 saturated heterocycles. The van der Waals surface area contributed by atoms with Gasteiger partial charge in [-0.15, -0.1) is 0 Å². The van der Waals surface area contributed by atoms with Gasteiger partial charge in [0.05, 0.1) is 11.9 Å². The van der Waals surface area contributed by atoms with Gasteiger partial charge in [-0.25, -0.2) is 8.42 Å². The Kier molecular flexibility index (Phi) is 11.3. The van der Waals surface area contributed by atoms with Gasteiger partial charge in [-0.05, 0) is 60.4 Å². The number of nitrogens with zero attached hydrogens (tertiary/aromatic N) is 2. The van der Waals surface area contributed by atoms with Crippen molar-refractivity contribution < 1.29 is 18.0 Å². The summed E-state index contributed by atoms with van der Waals surface area (Å²) in [6.07, 6.45) is 1.95. The molecule has 0 aliphatic rings. The van der Waals surface area contributed by atoms with Gasteiger partial charge in [-0.1, -0.05) is 78.1 Å². The second kappa shape index (κ2) is 14.2. The SMILES string of the molecule is CCCNC(=O)[C@H](Cc1ccccc1)N(Cc1ccc(Cl)cc1Cl)C(=O)CN(c1ccc(Cl)cc1C)S(C)(=O)=O. The average molecular weight is 625 g/mol. The van der Waals surface area contributed by atoms with Gasteiger partial charge in [0.25, 0.3) is 0 Å². The van der Waals surface area contributed by atoms with Crippen molar-refractivity contribution in [2.24, 2.45) is 0 Å². The van der Waals surface area contributed by atoms with Crippen LogP contribution in [0.15, 0.2) is 66.7 Å². The first kappa shape index (κ1) is 31.7. The van der Waals surface area contributed by atoms with Crippen LogP contribution in [0.25, 0.3) is 0 Å². The summed E-state index contributed by atoms with van der Waals surface area (Å²) >= 11 is 18.7. The summed E-state index contributed by atoms with van der Waals surface area (Å²) in [6.45, 7) is 3.50. The molecule has 7 nitrogen and oxygen atoms in total. The molecule has 0 aliphatic heterocycles. The number of benzene rings is 3. The second-order valence-electron chi connectivity index (χ2n) is 9.45. The quantitative estimate of drug-likeness (QED) is 0.272. The van der Waals surface area contributed by atoms with Gasteiger partial charge in [0.1, 0.15) is 12.6 Å². The monoisotopic (exact) mass is 623 g/mol. The van der Waals surface area contributed by atoms with E-state index in [0.717, 1.165) is 16.1 Å². The van der Waals surface area contributed by atoms with Crippen molar-refractivity contribution >= 4 is 62.3 Å². The zero-order chi connectivity index (χ0) is 29.4. The fourth-order valence-electron chi connectivity index (χ4n) is 4.25. The first-order chi connectivity index (χ1) is 18.9. The molecular formula is C29H32Cl3N3O4S. The van der Waals surface area contributed by atoms with E-state index in [1.165, 1.54) is 4.90 Å². The van der Waals surface area contributed by atoms with Crippen molar-refractivity contribution in [3.8, 4) is 0 Å². The van der Waals surface area contributed by atoms with E-state index in [4.69, 9.17) is 34.8 Å².